The van der Waals surface area contributed by atoms with E-state index in [1.807, 2.05) is 47.1 Å². The summed E-state index contributed by atoms with van der Waals surface area (Å²) >= 11 is 0. The molecule has 0 atom stereocenters. The molecule has 164 valence electrons. The smallest absolute Gasteiger partial charge is 0.255 e. The highest BCUT2D eigenvalue weighted by molar-refractivity contribution is 7.95. The van der Waals surface area contributed by atoms with Gasteiger partial charge < -0.3 is 5.32 Å². The van der Waals surface area contributed by atoms with Gasteiger partial charge >= 0.3 is 0 Å². The fraction of sp³-hybridized carbons (Fsp3) is 0.0400. The van der Waals surface area contributed by atoms with Crippen LogP contribution in [-0.4, -0.2) is 23.2 Å². The van der Waals surface area contributed by atoms with Gasteiger partial charge in [-0.05, 0) is 23.1 Å². The number of nitrogens with one attached hydrogen (secondary N) is 2. The van der Waals surface area contributed by atoms with Gasteiger partial charge in [-0.25, -0.2) is 13.4 Å². The minimum Gasteiger partial charge on any atom is -0.355 e. The van der Waals surface area contributed by atoms with Gasteiger partial charge in [0.25, 0.3) is 10.0 Å². The summed E-state index contributed by atoms with van der Waals surface area (Å²) in [5.41, 5.74) is 3.61. The van der Waals surface area contributed by atoms with Gasteiger partial charge in [0.1, 0.15) is 5.82 Å². The molecule has 0 amide bonds. The molecule has 0 aliphatic carbocycles. The molecule has 0 unspecified atom stereocenters. The number of pyridine rings is 1. The first-order chi connectivity index (χ1) is 16.0. The quantitative estimate of drug-likeness (QED) is 0.349. The highest BCUT2D eigenvalue weighted by Gasteiger charge is 2.12. The molecule has 2 aromatic heterocycles. The van der Waals surface area contributed by atoms with Gasteiger partial charge in [0.15, 0.2) is 0 Å². The van der Waals surface area contributed by atoms with Crippen molar-refractivity contribution in [3.8, 4) is 0 Å². The van der Waals surface area contributed by atoms with Crippen LogP contribution in [0, 0.1) is 0 Å². The van der Waals surface area contributed by atoms with Gasteiger partial charge in [-0.1, -0.05) is 61.2 Å². The van der Waals surface area contributed by atoms with Crippen molar-refractivity contribution in [2.24, 2.45) is 0 Å². The van der Waals surface area contributed by atoms with Crippen molar-refractivity contribution >= 4 is 48.9 Å². The molecule has 0 radical (unpaired) electrons. The lowest BCUT2D eigenvalue weighted by Crippen LogP contribution is -2.09. The topological polar surface area (TPSA) is 88.9 Å². The lowest BCUT2D eigenvalue weighted by Gasteiger charge is -2.12. The summed E-state index contributed by atoms with van der Waals surface area (Å²) in [6.45, 7) is 3.99. The number of aromatic nitrogens is 3. The zero-order valence-corrected chi connectivity index (χ0v) is 18.5. The van der Waals surface area contributed by atoms with Crippen molar-refractivity contribution in [3.63, 3.8) is 0 Å². The molecule has 0 saturated carbocycles. The zero-order valence-electron chi connectivity index (χ0n) is 17.6. The Morgan fingerprint density at radius 3 is 2.48 bits per heavy atom. The number of sulfonamides is 1. The Morgan fingerprint density at radius 1 is 0.939 bits per heavy atom. The molecule has 5 rings (SSSR count). The Hall–Kier alpha value is -4.17. The van der Waals surface area contributed by atoms with Gasteiger partial charge in [-0.2, -0.15) is 5.10 Å². The van der Waals surface area contributed by atoms with Gasteiger partial charge in [0.05, 0.1) is 12.1 Å². The summed E-state index contributed by atoms with van der Waals surface area (Å²) in [6.07, 6.45) is 3.61. The lowest BCUT2D eigenvalue weighted by molar-refractivity contribution is 0.609. The standard InChI is InChI=1S/C25H21N5O2S/c1-2-33(31,32)29-25-14-19(12-13-26-25)27-23-15-24-22(20-10-6-7-11-21(20)23)17-30(28-24)16-18-8-4-3-5-9-18/h2-15,17H,1,16H2,(H2,26,27,29). The Balaban J connectivity index is 1.54. The molecule has 5 aromatic rings. The highest BCUT2D eigenvalue weighted by Crippen LogP contribution is 2.33. The first kappa shape index (κ1) is 20.7. The van der Waals surface area contributed by atoms with Crippen LogP contribution in [0.3, 0.4) is 0 Å². The van der Waals surface area contributed by atoms with Gasteiger partial charge in [-0.15, -0.1) is 0 Å². The molecule has 2 heterocycles. The van der Waals surface area contributed by atoms with Gasteiger partial charge in [0.2, 0.25) is 0 Å². The molecule has 0 aliphatic rings. The van der Waals surface area contributed by atoms with E-state index in [0.717, 1.165) is 32.8 Å². The number of fused-ring (bicyclic) bond motifs is 3. The largest absolute Gasteiger partial charge is 0.355 e. The average molecular weight is 456 g/mol. The van der Waals surface area contributed by atoms with E-state index in [9.17, 15) is 8.42 Å². The molecule has 7 nitrogen and oxygen atoms in total. The van der Waals surface area contributed by atoms with Crippen LogP contribution in [0.25, 0.3) is 21.7 Å². The van der Waals surface area contributed by atoms with Crippen molar-refractivity contribution in [1.82, 2.24) is 14.8 Å². The molecule has 3 aromatic carbocycles. The Morgan fingerprint density at radius 2 is 1.70 bits per heavy atom. The van der Waals surface area contributed by atoms with Crippen LogP contribution >= 0.6 is 0 Å². The van der Waals surface area contributed by atoms with E-state index in [0.29, 0.717) is 12.2 Å². The molecular weight excluding hydrogens is 434 g/mol. The molecule has 0 bridgehead atoms. The summed E-state index contributed by atoms with van der Waals surface area (Å²) in [5.74, 6) is 0.206. The number of hydrogen-bond acceptors (Lipinski definition) is 5. The van der Waals surface area contributed by atoms with E-state index in [1.54, 1.807) is 18.3 Å². The van der Waals surface area contributed by atoms with Crippen molar-refractivity contribution in [3.05, 3.63) is 103 Å². The van der Waals surface area contributed by atoms with Crippen LogP contribution in [0.2, 0.25) is 0 Å². The SMILES string of the molecule is C=CS(=O)(=O)Nc1cc(Nc2cc3nn(Cc4ccccc4)cc3c3ccccc23)ccn1. The van der Waals surface area contributed by atoms with E-state index in [4.69, 9.17) is 5.10 Å². The average Bonchev–Trinajstić information content (AvgIpc) is 3.22. The fourth-order valence-electron chi connectivity index (χ4n) is 3.78. The minimum absolute atomic E-state index is 0.206. The molecular formula is C25H21N5O2S. The van der Waals surface area contributed by atoms with Crippen LogP contribution < -0.4 is 10.0 Å². The minimum atomic E-state index is -3.64. The van der Waals surface area contributed by atoms with E-state index in [-0.39, 0.29) is 5.82 Å². The maximum absolute atomic E-state index is 11.8. The first-order valence-electron chi connectivity index (χ1n) is 10.3. The third kappa shape index (κ3) is 4.42. The van der Waals surface area contributed by atoms with Crippen LogP contribution in [-0.2, 0) is 16.6 Å². The van der Waals surface area contributed by atoms with Crippen LogP contribution in [0.15, 0.2) is 97.2 Å². The van der Waals surface area contributed by atoms with E-state index >= 15 is 0 Å². The normalized spacial score (nSPS) is 11.5. The number of rotatable bonds is 7. The van der Waals surface area contributed by atoms with E-state index in [1.165, 1.54) is 5.56 Å². The molecule has 0 aliphatic heterocycles. The van der Waals surface area contributed by atoms with Crippen LogP contribution in [0.4, 0.5) is 17.2 Å². The summed E-state index contributed by atoms with van der Waals surface area (Å²) in [5, 5.41) is 12.2. The highest BCUT2D eigenvalue weighted by atomic mass is 32.2. The number of anilines is 3. The predicted molar refractivity (Wildman–Crippen MR) is 133 cm³/mol. The van der Waals surface area contributed by atoms with Crippen molar-refractivity contribution < 1.29 is 8.42 Å². The van der Waals surface area contributed by atoms with Crippen LogP contribution in [0.1, 0.15) is 5.56 Å². The predicted octanol–water partition coefficient (Wildman–Crippen LogP) is 5.26. The molecule has 0 saturated heterocycles. The summed E-state index contributed by atoms with van der Waals surface area (Å²) in [4.78, 5) is 4.08. The second-order valence-electron chi connectivity index (χ2n) is 7.58. The Kier molecular flexibility index (Phi) is 5.27. The van der Waals surface area contributed by atoms with Gasteiger partial charge in [-0.3, -0.25) is 9.40 Å². The summed E-state index contributed by atoms with van der Waals surface area (Å²) < 4.78 is 27.9. The van der Waals surface area contributed by atoms with E-state index in [2.05, 4.69) is 46.0 Å². The van der Waals surface area contributed by atoms with Crippen molar-refractivity contribution in [2.75, 3.05) is 10.0 Å². The second-order valence-corrected chi connectivity index (χ2v) is 9.21. The van der Waals surface area contributed by atoms with Crippen LogP contribution in [0.5, 0.6) is 0 Å². The molecule has 33 heavy (non-hydrogen) atoms. The van der Waals surface area contributed by atoms with Crippen molar-refractivity contribution in [1.29, 1.82) is 0 Å². The Bertz CT molecular complexity index is 1580. The fourth-order valence-corrected chi connectivity index (χ4v) is 4.27. The molecule has 0 fully saturated rings. The molecule has 0 spiro atoms. The number of nitrogens with zero attached hydrogens (tertiary/aromatic N) is 3. The lowest BCUT2D eigenvalue weighted by atomic mass is 10.0. The summed E-state index contributed by atoms with van der Waals surface area (Å²) in [6, 6.07) is 23.8. The van der Waals surface area contributed by atoms with E-state index < -0.39 is 10.0 Å². The third-order valence-electron chi connectivity index (χ3n) is 5.27. The number of benzene rings is 3. The maximum atomic E-state index is 11.8. The summed E-state index contributed by atoms with van der Waals surface area (Å²) in [7, 11) is -3.64. The Labute approximate surface area is 191 Å². The molecule has 2 N–H and O–H groups in total. The molecule has 8 heteroatoms. The zero-order chi connectivity index (χ0) is 22.8. The second kappa shape index (κ2) is 8.40. The van der Waals surface area contributed by atoms with Gasteiger partial charge in [0, 0.05) is 46.0 Å². The monoisotopic (exact) mass is 455 g/mol. The maximum Gasteiger partial charge on any atom is 0.255 e. The third-order valence-corrected chi connectivity index (χ3v) is 6.20. The van der Waals surface area contributed by atoms with Crippen molar-refractivity contribution in [2.45, 2.75) is 6.54 Å². The number of hydrogen-bond donors (Lipinski definition) is 2. The first-order valence-corrected chi connectivity index (χ1v) is 11.9.